The molecule has 1 aromatic heterocycles. The van der Waals surface area contributed by atoms with Crippen LogP contribution in [0.4, 0.5) is 5.82 Å². The summed E-state index contributed by atoms with van der Waals surface area (Å²) in [6.45, 7) is 7.74. The minimum atomic E-state index is -0.0573. The Balaban J connectivity index is 2.06. The summed E-state index contributed by atoms with van der Waals surface area (Å²) >= 11 is 0. The van der Waals surface area contributed by atoms with Crippen molar-refractivity contribution in [2.75, 3.05) is 5.32 Å². The highest BCUT2D eigenvalue weighted by molar-refractivity contribution is 5.33. The van der Waals surface area contributed by atoms with Gasteiger partial charge >= 0.3 is 0 Å². The van der Waals surface area contributed by atoms with Crippen LogP contribution in [0.15, 0.2) is 41.5 Å². The number of aromatic nitrogens is 2. The van der Waals surface area contributed by atoms with Crippen molar-refractivity contribution < 1.29 is 0 Å². The largest absolute Gasteiger partial charge is 0.361 e. The maximum absolute atomic E-state index is 12.2. The number of rotatable bonds is 6. The van der Waals surface area contributed by atoms with Crippen LogP contribution in [0.1, 0.15) is 44.2 Å². The van der Waals surface area contributed by atoms with E-state index in [1.807, 2.05) is 0 Å². The van der Waals surface area contributed by atoms with E-state index in [0.29, 0.717) is 18.3 Å². The van der Waals surface area contributed by atoms with Gasteiger partial charge in [-0.1, -0.05) is 45.0 Å². The molecule has 0 aliphatic rings. The molecule has 112 valence electrons. The molecule has 0 unspecified atom stereocenters. The van der Waals surface area contributed by atoms with Crippen LogP contribution < -0.4 is 10.9 Å². The molecule has 1 N–H and O–H groups in total. The van der Waals surface area contributed by atoms with Crippen molar-refractivity contribution in [2.24, 2.45) is 0 Å². The molecule has 21 heavy (non-hydrogen) atoms. The SMILES string of the molecule is CCCn1ccnc(NCc2ccc(C(C)C)cc2)c1=O. The summed E-state index contributed by atoms with van der Waals surface area (Å²) in [4.78, 5) is 16.3. The van der Waals surface area contributed by atoms with E-state index in [-0.39, 0.29) is 5.56 Å². The fourth-order valence-electron chi connectivity index (χ4n) is 2.19. The molecule has 1 aromatic carbocycles. The van der Waals surface area contributed by atoms with Gasteiger partial charge in [0, 0.05) is 25.5 Å². The molecule has 2 rings (SSSR count). The van der Waals surface area contributed by atoms with E-state index in [4.69, 9.17) is 0 Å². The van der Waals surface area contributed by atoms with Crippen molar-refractivity contribution >= 4 is 5.82 Å². The summed E-state index contributed by atoms with van der Waals surface area (Å²) in [6, 6.07) is 8.45. The lowest BCUT2D eigenvalue weighted by molar-refractivity contribution is 0.649. The van der Waals surface area contributed by atoms with Crippen molar-refractivity contribution in [1.29, 1.82) is 0 Å². The number of nitrogens with one attached hydrogen (secondary N) is 1. The van der Waals surface area contributed by atoms with Crippen molar-refractivity contribution in [2.45, 2.75) is 46.2 Å². The zero-order valence-corrected chi connectivity index (χ0v) is 13.0. The average Bonchev–Trinajstić information content (AvgIpc) is 2.49. The molecule has 0 saturated heterocycles. The highest BCUT2D eigenvalue weighted by Crippen LogP contribution is 2.15. The molecule has 2 aromatic rings. The molecule has 0 amide bonds. The van der Waals surface area contributed by atoms with Crippen LogP contribution in [-0.4, -0.2) is 9.55 Å². The highest BCUT2D eigenvalue weighted by Gasteiger charge is 2.04. The van der Waals surface area contributed by atoms with Gasteiger partial charge in [-0.2, -0.15) is 0 Å². The van der Waals surface area contributed by atoms with Crippen LogP contribution in [0.3, 0.4) is 0 Å². The zero-order chi connectivity index (χ0) is 15.2. The Bertz CT molecular complexity index is 629. The van der Waals surface area contributed by atoms with Gasteiger partial charge in [0.1, 0.15) is 0 Å². The standard InChI is InChI=1S/C17H23N3O/c1-4-10-20-11-9-18-16(17(20)21)19-12-14-5-7-15(8-6-14)13(2)3/h5-9,11,13H,4,10,12H2,1-3H3,(H,18,19). The van der Waals surface area contributed by atoms with Gasteiger partial charge in [-0.3, -0.25) is 4.79 Å². The average molecular weight is 285 g/mol. The van der Waals surface area contributed by atoms with Crippen molar-refractivity contribution in [3.8, 4) is 0 Å². The van der Waals surface area contributed by atoms with E-state index in [1.54, 1.807) is 17.0 Å². The molecule has 0 spiro atoms. The molecule has 0 radical (unpaired) electrons. The number of benzene rings is 1. The third-order valence-electron chi connectivity index (χ3n) is 3.48. The predicted molar refractivity (Wildman–Crippen MR) is 86.6 cm³/mol. The first kappa shape index (κ1) is 15.3. The lowest BCUT2D eigenvalue weighted by Gasteiger charge is -2.09. The van der Waals surface area contributed by atoms with Gasteiger partial charge in [0.15, 0.2) is 5.82 Å². The summed E-state index contributed by atoms with van der Waals surface area (Å²) < 4.78 is 1.69. The molecule has 0 aliphatic heterocycles. The fourth-order valence-corrected chi connectivity index (χ4v) is 2.19. The van der Waals surface area contributed by atoms with Gasteiger partial charge in [-0.15, -0.1) is 0 Å². The molecular weight excluding hydrogens is 262 g/mol. The van der Waals surface area contributed by atoms with Crippen molar-refractivity contribution in [1.82, 2.24) is 9.55 Å². The van der Waals surface area contributed by atoms with Gasteiger partial charge in [0.2, 0.25) is 0 Å². The van der Waals surface area contributed by atoms with Gasteiger partial charge < -0.3 is 9.88 Å². The second-order valence-electron chi connectivity index (χ2n) is 5.52. The van der Waals surface area contributed by atoms with Crippen LogP contribution in [-0.2, 0) is 13.1 Å². The Morgan fingerprint density at radius 2 is 1.95 bits per heavy atom. The van der Waals surface area contributed by atoms with Crippen LogP contribution in [0.2, 0.25) is 0 Å². The summed E-state index contributed by atoms with van der Waals surface area (Å²) in [7, 11) is 0. The van der Waals surface area contributed by atoms with E-state index in [9.17, 15) is 4.79 Å². The summed E-state index contributed by atoms with van der Waals surface area (Å²) in [5.41, 5.74) is 2.41. The molecular formula is C17H23N3O. The summed E-state index contributed by atoms with van der Waals surface area (Å²) in [5.74, 6) is 0.947. The molecule has 0 saturated carbocycles. The monoisotopic (exact) mass is 285 g/mol. The van der Waals surface area contributed by atoms with E-state index in [2.05, 4.69) is 55.3 Å². The molecule has 0 aliphatic carbocycles. The number of nitrogens with zero attached hydrogens (tertiary/aromatic N) is 2. The van der Waals surface area contributed by atoms with Gasteiger partial charge in [-0.05, 0) is 23.5 Å². The van der Waals surface area contributed by atoms with E-state index < -0.39 is 0 Å². The fraction of sp³-hybridized carbons (Fsp3) is 0.412. The molecule has 1 heterocycles. The summed E-state index contributed by atoms with van der Waals surface area (Å²) in [6.07, 6.45) is 4.33. The topological polar surface area (TPSA) is 46.9 Å². The Morgan fingerprint density at radius 3 is 2.57 bits per heavy atom. The molecule has 0 atom stereocenters. The molecule has 0 bridgehead atoms. The highest BCUT2D eigenvalue weighted by atomic mass is 16.1. The smallest absolute Gasteiger partial charge is 0.293 e. The van der Waals surface area contributed by atoms with Crippen molar-refractivity contribution in [3.63, 3.8) is 0 Å². The van der Waals surface area contributed by atoms with Gasteiger partial charge in [0.25, 0.3) is 5.56 Å². The van der Waals surface area contributed by atoms with Crippen LogP contribution in [0.25, 0.3) is 0 Å². The third-order valence-corrected chi connectivity index (χ3v) is 3.48. The maximum Gasteiger partial charge on any atom is 0.293 e. The Kier molecular flexibility index (Phi) is 5.14. The predicted octanol–water partition coefficient (Wildman–Crippen LogP) is 3.39. The van der Waals surface area contributed by atoms with Crippen molar-refractivity contribution in [3.05, 3.63) is 58.1 Å². The summed E-state index contributed by atoms with van der Waals surface area (Å²) in [5, 5.41) is 3.13. The third kappa shape index (κ3) is 3.94. The normalized spacial score (nSPS) is 10.9. The number of hydrogen-bond donors (Lipinski definition) is 1. The van der Waals surface area contributed by atoms with E-state index >= 15 is 0 Å². The lowest BCUT2D eigenvalue weighted by Crippen LogP contribution is -2.24. The Morgan fingerprint density at radius 1 is 1.24 bits per heavy atom. The van der Waals surface area contributed by atoms with Crippen LogP contribution in [0, 0.1) is 0 Å². The molecule has 0 fully saturated rings. The second-order valence-corrected chi connectivity index (χ2v) is 5.52. The Labute approximate surface area is 125 Å². The van der Waals surface area contributed by atoms with Crippen LogP contribution >= 0.6 is 0 Å². The zero-order valence-electron chi connectivity index (χ0n) is 13.0. The maximum atomic E-state index is 12.2. The molecule has 4 nitrogen and oxygen atoms in total. The minimum absolute atomic E-state index is 0.0573. The number of hydrogen-bond acceptors (Lipinski definition) is 3. The van der Waals surface area contributed by atoms with E-state index in [1.165, 1.54) is 5.56 Å². The minimum Gasteiger partial charge on any atom is -0.361 e. The number of anilines is 1. The first-order valence-corrected chi connectivity index (χ1v) is 7.50. The van der Waals surface area contributed by atoms with Gasteiger partial charge in [0.05, 0.1) is 0 Å². The number of aryl methyl sites for hydroxylation is 1. The first-order valence-electron chi connectivity index (χ1n) is 7.50. The molecule has 4 heteroatoms. The van der Waals surface area contributed by atoms with Gasteiger partial charge in [-0.25, -0.2) is 4.98 Å². The Hall–Kier alpha value is -2.10. The lowest BCUT2D eigenvalue weighted by atomic mass is 10.0. The quantitative estimate of drug-likeness (QED) is 0.885. The first-order chi connectivity index (χ1) is 10.1. The van der Waals surface area contributed by atoms with E-state index in [0.717, 1.165) is 18.5 Å². The second kappa shape index (κ2) is 7.07. The van der Waals surface area contributed by atoms with Crippen LogP contribution in [0.5, 0.6) is 0 Å².